The first-order valence-corrected chi connectivity index (χ1v) is 7.11. The number of hydrogen-bond donors (Lipinski definition) is 0. The molecule has 0 bridgehead atoms. The largest absolute Gasteiger partial charge is 0.345 e. The van der Waals surface area contributed by atoms with Crippen LogP contribution in [0.1, 0.15) is 16.9 Å². The molecular formula is C13H16N2O2S. The van der Waals surface area contributed by atoms with Gasteiger partial charge in [-0.2, -0.15) is 0 Å². The fourth-order valence-electron chi connectivity index (χ4n) is 2.72. The minimum atomic E-state index is -0.136. The van der Waals surface area contributed by atoms with Crippen molar-refractivity contribution in [2.75, 3.05) is 20.1 Å². The van der Waals surface area contributed by atoms with Gasteiger partial charge in [-0.1, -0.05) is 0 Å². The number of fused-ring (bicyclic) bond motifs is 1. The molecular weight excluding hydrogens is 248 g/mol. The van der Waals surface area contributed by atoms with E-state index in [0.29, 0.717) is 19.5 Å². The SMILES string of the molecule is CN1C[C@H](C(=O)N2CCc3sccc3C2)CC1=O. The van der Waals surface area contributed by atoms with Gasteiger partial charge in [-0.3, -0.25) is 9.59 Å². The Hall–Kier alpha value is -1.36. The summed E-state index contributed by atoms with van der Waals surface area (Å²) >= 11 is 1.77. The van der Waals surface area contributed by atoms with Crippen molar-refractivity contribution < 1.29 is 9.59 Å². The highest BCUT2D eigenvalue weighted by atomic mass is 32.1. The van der Waals surface area contributed by atoms with Crippen LogP contribution >= 0.6 is 11.3 Å². The van der Waals surface area contributed by atoms with E-state index in [0.717, 1.165) is 13.0 Å². The molecule has 3 heterocycles. The Kier molecular flexibility index (Phi) is 2.86. The number of thiophene rings is 1. The van der Waals surface area contributed by atoms with E-state index in [-0.39, 0.29) is 17.7 Å². The normalized spacial score (nSPS) is 23.4. The molecule has 0 aromatic carbocycles. The third-order valence-electron chi connectivity index (χ3n) is 3.81. The first kappa shape index (κ1) is 11.7. The van der Waals surface area contributed by atoms with Gasteiger partial charge in [0, 0.05) is 38.0 Å². The standard InChI is InChI=1S/C13H16N2O2S/c1-14-7-10(6-12(14)16)13(17)15-4-2-11-9(8-15)3-5-18-11/h3,5,10H,2,4,6-8H2,1H3/t10-/m1/s1. The van der Waals surface area contributed by atoms with Gasteiger partial charge in [0.2, 0.25) is 11.8 Å². The van der Waals surface area contributed by atoms with Crippen LogP contribution in [0.3, 0.4) is 0 Å². The Bertz CT molecular complexity index is 497. The molecule has 5 heteroatoms. The fourth-order valence-corrected chi connectivity index (χ4v) is 3.61. The molecule has 0 saturated carbocycles. The number of carbonyl (C=O) groups is 2. The summed E-state index contributed by atoms with van der Waals surface area (Å²) in [6, 6.07) is 2.10. The maximum atomic E-state index is 12.4. The third kappa shape index (κ3) is 1.92. The van der Waals surface area contributed by atoms with Crippen LogP contribution in [0.15, 0.2) is 11.4 Å². The number of likely N-dealkylation sites (tertiary alicyclic amines) is 1. The van der Waals surface area contributed by atoms with Crippen LogP contribution in [0.5, 0.6) is 0 Å². The number of rotatable bonds is 1. The summed E-state index contributed by atoms with van der Waals surface area (Å²) in [6.45, 7) is 2.08. The van der Waals surface area contributed by atoms with Crippen molar-refractivity contribution in [3.63, 3.8) is 0 Å². The lowest BCUT2D eigenvalue weighted by molar-refractivity contribution is -0.136. The lowest BCUT2D eigenvalue weighted by atomic mass is 10.0. The smallest absolute Gasteiger partial charge is 0.228 e. The van der Waals surface area contributed by atoms with Crippen molar-refractivity contribution in [2.45, 2.75) is 19.4 Å². The van der Waals surface area contributed by atoms with Crippen LogP contribution in [0.2, 0.25) is 0 Å². The van der Waals surface area contributed by atoms with Gasteiger partial charge in [0.05, 0.1) is 5.92 Å². The third-order valence-corrected chi connectivity index (χ3v) is 4.83. The molecule has 1 aromatic heterocycles. The molecule has 3 rings (SSSR count). The zero-order valence-electron chi connectivity index (χ0n) is 10.4. The topological polar surface area (TPSA) is 40.6 Å². The highest BCUT2D eigenvalue weighted by Gasteiger charge is 2.35. The molecule has 18 heavy (non-hydrogen) atoms. The second-order valence-electron chi connectivity index (χ2n) is 5.05. The molecule has 0 aliphatic carbocycles. The maximum absolute atomic E-state index is 12.4. The summed E-state index contributed by atoms with van der Waals surface area (Å²) in [6.07, 6.45) is 1.33. The van der Waals surface area contributed by atoms with E-state index >= 15 is 0 Å². The summed E-state index contributed by atoms with van der Waals surface area (Å²) in [4.78, 5) is 28.8. The number of amides is 2. The summed E-state index contributed by atoms with van der Waals surface area (Å²) in [5.41, 5.74) is 1.28. The molecule has 0 radical (unpaired) electrons. The molecule has 2 amide bonds. The first-order valence-electron chi connectivity index (χ1n) is 6.23. The lowest BCUT2D eigenvalue weighted by Crippen LogP contribution is -2.40. The molecule has 0 N–H and O–H groups in total. The predicted molar refractivity (Wildman–Crippen MR) is 69.2 cm³/mol. The summed E-state index contributed by atoms with van der Waals surface area (Å²) < 4.78 is 0. The number of nitrogens with zero attached hydrogens (tertiary/aromatic N) is 2. The van der Waals surface area contributed by atoms with E-state index < -0.39 is 0 Å². The minimum Gasteiger partial charge on any atom is -0.345 e. The Balaban J connectivity index is 1.70. The maximum Gasteiger partial charge on any atom is 0.228 e. The number of hydrogen-bond acceptors (Lipinski definition) is 3. The van der Waals surface area contributed by atoms with Crippen molar-refractivity contribution in [2.24, 2.45) is 5.92 Å². The molecule has 1 atom stereocenters. The Morgan fingerprint density at radius 2 is 2.33 bits per heavy atom. The average Bonchev–Trinajstić information content (AvgIpc) is 2.95. The molecule has 2 aliphatic heterocycles. The van der Waals surface area contributed by atoms with Gasteiger partial charge in [0.25, 0.3) is 0 Å². The average molecular weight is 264 g/mol. The van der Waals surface area contributed by atoms with Crippen LogP contribution in [0.25, 0.3) is 0 Å². The highest BCUT2D eigenvalue weighted by Crippen LogP contribution is 2.26. The van der Waals surface area contributed by atoms with E-state index in [4.69, 9.17) is 0 Å². The second kappa shape index (κ2) is 4.39. The van der Waals surface area contributed by atoms with Gasteiger partial charge in [-0.15, -0.1) is 11.3 Å². The Labute approximate surface area is 110 Å². The molecule has 0 unspecified atom stereocenters. The molecule has 96 valence electrons. The van der Waals surface area contributed by atoms with Crippen LogP contribution in [0.4, 0.5) is 0 Å². The summed E-state index contributed by atoms with van der Waals surface area (Å²) in [5.74, 6) is 0.0915. The van der Waals surface area contributed by atoms with E-state index in [1.165, 1.54) is 10.4 Å². The van der Waals surface area contributed by atoms with Gasteiger partial charge >= 0.3 is 0 Å². The van der Waals surface area contributed by atoms with Crippen LogP contribution < -0.4 is 0 Å². The second-order valence-corrected chi connectivity index (χ2v) is 6.05. The van der Waals surface area contributed by atoms with Gasteiger partial charge in [-0.25, -0.2) is 0 Å². The molecule has 1 saturated heterocycles. The van der Waals surface area contributed by atoms with Crippen LogP contribution in [-0.4, -0.2) is 41.8 Å². The Morgan fingerprint density at radius 1 is 1.50 bits per heavy atom. The van der Waals surface area contributed by atoms with Crippen molar-refractivity contribution in [3.8, 4) is 0 Å². The predicted octanol–water partition coefficient (Wildman–Crippen LogP) is 1.11. The van der Waals surface area contributed by atoms with Crippen molar-refractivity contribution in [3.05, 3.63) is 21.9 Å². The van der Waals surface area contributed by atoms with Gasteiger partial charge in [0.1, 0.15) is 0 Å². The van der Waals surface area contributed by atoms with E-state index in [9.17, 15) is 9.59 Å². The molecule has 1 fully saturated rings. The van der Waals surface area contributed by atoms with E-state index in [1.807, 2.05) is 4.90 Å². The fraction of sp³-hybridized carbons (Fsp3) is 0.538. The van der Waals surface area contributed by atoms with Crippen molar-refractivity contribution in [1.82, 2.24) is 9.80 Å². The van der Waals surface area contributed by atoms with E-state index in [1.54, 1.807) is 23.3 Å². The molecule has 1 aromatic rings. The van der Waals surface area contributed by atoms with Gasteiger partial charge in [-0.05, 0) is 23.4 Å². The quantitative estimate of drug-likeness (QED) is 0.762. The van der Waals surface area contributed by atoms with Crippen molar-refractivity contribution >= 4 is 23.2 Å². The highest BCUT2D eigenvalue weighted by molar-refractivity contribution is 7.10. The first-order chi connectivity index (χ1) is 8.65. The van der Waals surface area contributed by atoms with Gasteiger partial charge < -0.3 is 9.80 Å². The number of carbonyl (C=O) groups excluding carboxylic acids is 2. The van der Waals surface area contributed by atoms with Gasteiger partial charge in [0.15, 0.2) is 0 Å². The lowest BCUT2D eigenvalue weighted by Gasteiger charge is -2.29. The summed E-state index contributed by atoms with van der Waals surface area (Å²) in [5, 5.41) is 2.09. The monoisotopic (exact) mass is 264 g/mol. The minimum absolute atomic E-state index is 0.0848. The molecule has 0 spiro atoms. The van der Waals surface area contributed by atoms with Crippen LogP contribution in [-0.2, 0) is 22.6 Å². The van der Waals surface area contributed by atoms with Crippen LogP contribution in [0, 0.1) is 5.92 Å². The molecule has 4 nitrogen and oxygen atoms in total. The Morgan fingerprint density at radius 3 is 3.06 bits per heavy atom. The zero-order valence-corrected chi connectivity index (χ0v) is 11.2. The van der Waals surface area contributed by atoms with E-state index in [2.05, 4.69) is 11.4 Å². The zero-order chi connectivity index (χ0) is 12.7. The molecule has 2 aliphatic rings. The summed E-state index contributed by atoms with van der Waals surface area (Å²) in [7, 11) is 1.77. The van der Waals surface area contributed by atoms with Crippen molar-refractivity contribution in [1.29, 1.82) is 0 Å².